The van der Waals surface area contributed by atoms with Crippen LogP contribution in [0.1, 0.15) is 18.1 Å². The average Bonchev–Trinajstić information content (AvgIpc) is 2.89. The third-order valence-corrected chi connectivity index (χ3v) is 4.24. The summed E-state index contributed by atoms with van der Waals surface area (Å²) in [4.78, 5) is 16.2. The van der Waals surface area contributed by atoms with E-state index in [1.54, 1.807) is 24.0 Å². The van der Waals surface area contributed by atoms with Gasteiger partial charge in [-0.15, -0.1) is 11.8 Å². The lowest BCUT2D eigenvalue weighted by molar-refractivity contribution is 0.639. The lowest BCUT2D eigenvalue weighted by atomic mass is 10.1. The predicted molar refractivity (Wildman–Crippen MR) is 82.5 cm³/mol. The highest BCUT2D eigenvalue weighted by Crippen LogP contribution is 2.25. The number of aliphatic imine (C=N–C) groups is 1. The average molecular weight is 285 g/mol. The van der Waals surface area contributed by atoms with E-state index in [0.29, 0.717) is 11.8 Å². The highest BCUT2D eigenvalue weighted by atomic mass is 32.2. The molecule has 1 aromatic heterocycles. The molecular weight excluding hydrogens is 270 g/mol. The van der Waals surface area contributed by atoms with Crippen molar-refractivity contribution in [3.8, 4) is 0 Å². The Balaban J connectivity index is 1.85. The van der Waals surface area contributed by atoms with Crippen molar-refractivity contribution < 1.29 is 0 Å². The predicted octanol–water partition coefficient (Wildman–Crippen LogP) is 2.17. The minimum atomic E-state index is -0.0842. The van der Waals surface area contributed by atoms with Gasteiger partial charge in [-0.05, 0) is 17.7 Å². The van der Waals surface area contributed by atoms with Crippen molar-refractivity contribution in [1.82, 2.24) is 9.78 Å². The standard InChI is InChI=1S/C15H15N3OS/c1-11-9-16-15(20-11)13-5-2-4-12(8-13)10-18-14(19)6-3-7-17-18/h2-8,11H,9-10H2,1H3. The molecule has 5 heteroatoms. The second-order valence-corrected chi connectivity index (χ2v) is 6.22. The minimum absolute atomic E-state index is 0.0842. The summed E-state index contributed by atoms with van der Waals surface area (Å²) in [6.45, 7) is 3.55. The summed E-state index contributed by atoms with van der Waals surface area (Å²) < 4.78 is 1.46. The third kappa shape index (κ3) is 2.82. The maximum atomic E-state index is 11.7. The van der Waals surface area contributed by atoms with Gasteiger partial charge < -0.3 is 0 Å². The Kier molecular flexibility index (Phi) is 3.69. The molecule has 0 saturated heterocycles. The highest BCUT2D eigenvalue weighted by Gasteiger charge is 2.16. The van der Waals surface area contributed by atoms with Gasteiger partial charge in [-0.1, -0.05) is 25.1 Å². The summed E-state index contributed by atoms with van der Waals surface area (Å²) in [6.07, 6.45) is 1.63. The molecule has 1 atom stereocenters. The molecule has 1 aromatic carbocycles. The van der Waals surface area contributed by atoms with Gasteiger partial charge in [0, 0.05) is 23.1 Å². The Morgan fingerprint density at radius 3 is 3.00 bits per heavy atom. The van der Waals surface area contributed by atoms with Crippen LogP contribution in [0, 0.1) is 0 Å². The van der Waals surface area contributed by atoms with Gasteiger partial charge >= 0.3 is 0 Å². The Labute approximate surface area is 121 Å². The van der Waals surface area contributed by atoms with Gasteiger partial charge in [0.1, 0.15) is 0 Å². The number of rotatable bonds is 3. The Morgan fingerprint density at radius 2 is 2.25 bits per heavy atom. The summed E-state index contributed by atoms with van der Waals surface area (Å²) in [5.74, 6) is 0. The molecule has 0 aliphatic carbocycles. The molecule has 1 aliphatic rings. The SMILES string of the molecule is CC1CN=C(c2cccc(Cn3ncccc3=O)c2)S1. The number of hydrogen-bond acceptors (Lipinski definition) is 4. The molecule has 0 bridgehead atoms. The van der Waals surface area contributed by atoms with Gasteiger partial charge in [0.25, 0.3) is 5.56 Å². The maximum Gasteiger partial charge on any atom is 0.267 e. The molecule has 0 N–H and O–H groups in total. The van der Waals surface area contributed by atoms with Crippen LogP contribution in [0.4, 0.5) is 0 Å². The summed E-state index contributed by atoms with van der Waals surface area (Å²) in [7, 11) is 0. The van der Waals surface area contributed by atoms with E-state index in [4.69, 9.17) is 0 Å². The lowest BCUT2D eigenvalue weighted by Crippen LogP contribution is -2.21. The van der Waals surface area contributed by atoms with Crippen LogP contribution in [0.25, 0.3) is 0 Å². The number of aromatic nitrogens is 2. The molecule has 20 heavy (non-hydrogen) atoms. The summed E-state index contributed by atoms with van der Waals surface area (Å²) in [5, 5.41) is 5.72. The largest absolute Gasteiger partial charge is 0.277 e. The topological polar surface area (TPSA) is 47.2 Å². The molecule has 2 heterocycles. The molecule has 3 rings (SSSR count). The molecule has 102 valence electrons. The van der Waals surface area contributed by atoms with Crippen molar-refractivity contribution >= 4 is 16.8 Å². The van der Waals surface area contributed by atoms with E-state index in [2.05, 4.69) is 29.1 Å². The molecule has 0 fully saturated rings. The van der Waals surface area contributed by atoms with E-state index in [0.717, 1.165) is 22.7 Å². The van der Waals surface area contributed by atoms with Gasteiger partial charge in [-0.3, -0.25) is 9.79 Å². The van der Waals surface area contributed by atoms with E-state index in [1.165, 1.54) is 10.7 Å². The van der Waals surface area contributed by atoms with Crippen LogP contribution in [-0.2, 0) is 6.54 Å². The van der Waals surface area contributed by atoms with E-state index >= 15 is 0 Å². The van der Waals surface area contributed by atoms with Gasteiger partial charge in [-0.25, -0.2) is 4.68 Å². The van der Waals surface area contributed by atoms with Crippen LogP contribution in [0.2, 0.25) is 0 Å². The number of thioether (sulfide) groups is 1. The van der Waals surface area contributed by atoms with Gasteiger partial charge in [0.2, 0.25) is 0 Å². The molecule has 0 saturated carbocycles. The quantitative estimate of drug-likeness (QED) is 0.868. The molecule has 1 unspecified atom stereocenters. The monoisotopic (exact) mass is 285 g/mol. The highest BCUT2D eigenvalue weighted by molar-refractivity contribution is 8.15. The number of benzene rings is 1. The first-order valence-corrected chi connectivity index (χ1v) is 7.43. The van der Waals surface area contributed by atoms with E-state index < -0.39 is 0 Å². The second-order valence-electron chi connectivity index (χ2n) is 4.79. The smallest absolute Gasteiger partial charge is 0.267 e. The fourth-order valence-corrected chi connectivity index (χ4v) is 3.06. The van der Waals surface area contributed by atoms with Crippen LogP contribution in [0.3, 0.4) is 0 Å². The van der Waals surface area contributed by atoms with Gasteiger partial charge in [0.15, 0.2) is 0 Å². The zero-order valence-electron chi connectivity index (χ0n) is 11.2. The van der Waals surface area contributed by atoms with E-state index in [1.807, 2.05) is 12.1 Å². The Hall–Kier alpha value is -1.88. The van der Waals surface area contributed by atoms with Crippen molar-refractivity contribution in [1.29, 1.82) is 0 Å². The van der Waals surface area contributed by atoms with Crippen molar-refractivity contribution in [2.45, 2.75) is 18.7 Å². The third-order valence-electron chi connectivity index (χ3n) is 3.10. The van der Waals surface area contributed by atoms with E-state index in [-0.39, 0.29) is 5.56 Å². The maximum absolute atomic E-state index is 11.7. The van der Waals surface area contributed by atoms with Crippen LogP contribution in [-0.4, -0.2) is 26.6 Å². The van der Waals surface area contributed by atoms with Crippen molar-refractivity contribution in [2.24, 2.45) is 4.99 Å². The second kappa shape index (κ2) is 5.63. The fourth-order valence-electron chi connectivity index (χ4n) is 2.12. The number of hydrogen-bond donors (Lipinski definition) is 0. The van der Waals surface area contributed by atoms with Crippen molar-refractivity contribution in [2.75, 3.05) is 6.54 Å². The fraction of sp³-hybridized carbons (Fsp3) is 0.267. The van der Waals surface area contributed by atoms with Crippen molar-refractivity contribution in [3.63, 3.8) is 0 Å². The summed E-state index contributed by atoms with van der Waals surface area (Å²) in [5.41, 5.74) is 2.10. The van der Waals surface area contributed by atoms with Gasteiger partial charge in [-0.2, -0.15) is 5.10 Å². The summed E-state index contributed by atoms with van der Waals surface area (Å²) >= 11 is 1.80. The summed E-state index contributed by atoms with van der Waals surface area (Å²) in [6, 6.07) is 11.3. The van der Waals surface area contributed by atoms with Gasteiger partial charge in [0.05, 0.1) is 18.1 Å². The van der Waals surface area contributed by atoms with Crippen LogP contribution >= 0.6 is 11.8 Å². The lowest BCUT2D eigenvalue weighted by Gasteiger charge is -2.07. The number of nitrogens with zero attached hydrogens (tertiary/aromatic N) is 3. The molecule has 1 aliphatic heterocycles. The Morgan fingerprint density at radius 1 is 1.35 bits per heavy atom. The molecule has 0 amide bonds. The zero-order valence-corrected chi connectivity index (χ0v) is 12.0. The molecule has 0 radical (unpaired) electrons. The van der Waals surface area contributed by atoms with Crippen LogP contribution in [0.15, 0.2) is 52.4 Å². The Bertz CT molecular complexity index is 708. The van der Waals surface area contributed by atoms with E-state index in [9.17, 15) is 4.79 Å². The minimum Gasteiger partial charge on any atom is -0.277 e. The zero-order chi connectivity index (χ0) is 13.9. The first kappa shape index (κ1) is 13.1. The molecule has 4 nitrogen and oxygen atoms in total. The van der Waals surface area contributed by atoms with Crippen LogP contribution < -0.4 is 5.56 Å². The normalized spacial score (nSPS) is 18.1. The van der Waals surface area contributed by atoms with Crippen molar-refractivity contribution in [3.05, 3.63) is 64.1 Å². The first-order valence-electron chi connectivity index (χ1n) is 6.55. The first-order chi connectivity index (χ1) is 9.72. The molecular formula is C15H15N3OS. The van der Waals surface area contributed by atoms with Crippen LogP contribution in [0.5, 0.6) is 0 Å². The molecule has 0 spiro atoms. The molecule has 2 aromatic rings.